The molecule has 0 N–H and O–H groups in total. The second-order valence-corrected chi connectivity index (χ2v) is 3.96. The number of carbonyl (C=O) groups excluding carboxylic acids is 1. The van der Waals surface area contributed by atoms with Crippen LogP contribution in [0.3, 0.4) is 0 Å². The first kappa shape index (κ1) is 10.7. The maximum atomic E-state index is 11.6. The highest BCUT2D eigenvalue weighted by Gasteiger charge is 2.28. The van der Waals surface area contributed by atoms with Crippen molar-refractivity contribution in [3.8, 4) is 0 Å². The fourth-order valence-corrected chi connectivity index (χ4v) is 2.37. The Balaban J connectivity index is 2.48. The molecule has 2 atom stereocenters. The lowest BCUT2D eigenvalue weighted by molar-refractivity contribution is -0.129. The summed E-state index contributed by atoms with van der Waals surface area (Å²) in [4.78, 5) is 11.6. The maximum absolute atomic E-state index is 11.6. The van der Waals surface area contributed by atoms with E-state index in [-0.39, 0.29) is 0 Å². The Bertz CT molecular complexity index is 165. The molecule has 2 unspecified atom stereocenters. The van der Waals surface area contributed by atoms with Gasteiger partial charge in [-0.1, -0.05) is 26.2 Å². The number of carbonyl (C=O) groups is 1. The van der Waals surface area contributed by atoms with E-state index in [1.165, 1.54) is 19.3 Å². The molecule has 76 valence electrons. The van der Waals surface area contributed by atoms with Crippen molar-refractivity contribution >= 4 is 5.78 Å². The van der Waals surface area contributed by atoms with Crippen LogP contribution in [0.4, 0.5) is 0 Å². The van der Waals surface area contributed by atoms with Gasteiger partial charge < -0.3 is 4.74 Å². The lowest BCUT2D eigenvalue weighted by Gasteiger charge is -2.29. The number of ketones is 1. The van der Waals surface area contributed by atoms with Crippen LogP contribution in [-0.4, -0.2) is 19.5 Å². The topological polar surface area (TPSA) is 26.3 Å². The number of rotatable bonds is 4. The molecule has 0 saturated heterocycles. The smallest absolute Gasteiger partial charge is 0.161 e. The largest absolute Gasteiger partial charge is 0.377 e. The maximum Gasteiger partial charge on any atom is 0.161 e. The molecule has 1 fully saturated rings. The SMILES string of the molecule is CCC1CCCCC1C(=O)COC. The van der Waals surface area contributed by atoms with Gasteiger partial charge in [-0.05, 0) is 18.8 Å². The number of methoxy groups -OCH3 is 1. The van der Waals surface area contributed by atoms with Gasteiger partial charge in [-0.25, -0.2) is 0 Å². The van der Waals surface area contributed by atoms with Crippen molar-refractivity contribution in [2.24, 2.45) is 11.8 Å². The summed E-state index contributed by atoms with van der Waals surface area (Å²) in [6.07, 6.45) is 5.98. The molecule has 0 aromatic rings. The third-order valence-corrected chi connectivity index (χ3v) is 3.13. The molecule has 2 nitrogen and oxygen atoms in total. The van der Waals surface area contributed by atoms with Gasteiger partial charge in [-0.2, -0.15) is 0 Å². The molecular weight excluding hydrogens is 164 g/mol. The predicted octanol–water partition coefficient (Wildman–Crippen LogP) is 2.42. The van der Waals surface area contributed by atoms with E-state index in [4.69, 9.17) is 4.74 Å². The van der Waals surface area contributed by atoms with Crippen molar-refractivity contribution in [2.75, 3.05) is 13.7 Å². The molecule has 1 rings (SSSR count). The van der Waals surface area contributed by atoms with E-state index < -0.39 is 0 Å². The number of Topliss-reactive ketones (excluding diaryl/α,β-unsaturated/α-hetero) is 1. The lowest BCUT2D eigenvalue weighted by Crippen LogP contribution is -2.29. The first-order valence-corrected chi connectivity index (χ1v) is 5.31. The van der Waals surface area contributed by atoms with Gasteiger partial charge in [-0.15, -0.1) is 0 Å². The van der Waals surface area contributed by atoms with Crippen LogP contribution in [-0.2, 0) is 9.53 Å². The Morgan fingerprint density at radius 1 is 1.38 bits per heavy atom. The minimum atomic E-state index is 0.290. The standard InChI is InChI=1S/C11H20O2/c1-3-9-6-4-5-7-10(9)11(12)8-13-2/h9-10H,3-8H2,1-2H3. The Labute approximate surface area is 80.7 Å². The summed E-state index contributed by atoms with van der Waals surface area (Å²) < 4.78 is 4.90. The summed E-state index contributed by atoms with van der Waals surface area (Å²) in [5.74, 6) is 1.23. The van der Waals surface area contributed by atoms with E-state index in [1.807, 2.05) is 0 Å². The van der Waals surface area contributed by atoms with Crippen molar-refractivity contribution < 1.29 is 9.53 Å². The molecule has 1 aliphatic rings. The Morgan fingerprint density at radius 2 is 2.08 bits per heavy atom. The zero-order chi connectivity index (χ0) is 9.68. The summed E-state index contributed by atoms with van der Waals surface area (Å²) in [6, 6.07) is 0. The van der Waals surface area contributed by atoms with Crippen molar-refractivity contribution in [3.63, 3.8) is 0 Å². The number of hydrogen-bond acceptors (Lipinski definition) is 2. The first-order valence-electron chi connectivity index (χ1n) is 5.31. The van der Waals surface area contributed by atoms with Gasteiger partial charge in [0.05, 0.1) is 0 Å². The van der Waals surface area contributed by atoms with E-state index in [2.05, 4.69) is 6.92 Å². The molecule has 0 heterocycles. The fraction of sp³-hybridized carbons (Fsp3) is 0.909. The van der Waals surface area contributed by atoms with Gasteiger partial charge in [0.25, 0.3) is 0 Å². The van der Waals surface area contributed by atoms with Crippen LogP contribution < -0.4 is 0 Å². The molecule has 0 aromatic carbocycles. The summed E-state index contributed by atoms with van der Waals surface area (Å²) in [7, 11) is 1.60. The van der Waals surface area contributed by atoms with Crippen molar-refractivity contribution in [1.29, 1.82) is 0 Å². The molecule has 0 aromatic heterocycles. The highest BCUT2D eigenvalue weighted by Crippen LogP contribution is 2.32. The second kappa shape index (κ2) is 5.38. The Kier molecular flexibility index (Phi) is 4.43. The normalized spacial score (nSPS) is 28.8. The van der Waals surface area contributed by atoms with Gasteiger partial charge in [0, 0.05) is 13.0 Å². The summed E-state index contributed by atoms with van der Waals surface area (Å²) in [5, 5.41) is 0. The van der Waals surface area contributed by atoms with Gasteiger partial charge in [0.15, 0.2) is 5.78 Å². The van der Waals surface area contributed by atoms with Crippen LogP contribution in [0.2, 0.25) is 0 Å². The molecule has 13 heavy (non-hydrogen) atoms. The molecule has 0 bridgehead atoms. The van der Waals surface area contributed by atoms with Crippen molar-refractivity contribution in [1.82, 2.24) is 0 Å². The number of ether oxygens (including phenoxy) is 1. The van der Waals surface area contributed by atoms with E-state index in [1.54, 1.807) is 7.11 Å². The minimum Gasteiger partial charge on any atom is -0.377 e. The lowest BCUT2D eigenvalue weighted by atomic mass is 9.76. The van der Waals surface area contributed by atoms with Crippen LogP contribution in [0, 0.1) is 11.8 Å². The minimum absolute atomic E-state index is 0.290. The fourth-order valence-electron chi connectivity index (χ4n) is 2.37. The second-order valence-electron chi connectivity index (χ2n) is 3.96. The molecule has 1 aliphatic carbocycles. The van der Waals surface area contributed by atoms with Crippen molar-refractivity contribution in [2.45, 2.75) is 39.0 Å². The van der Waals surface area contributed by atoms with Gasteiger partial charge >= 0.3 is 0 Å². The van der Waals surface area contributed by atoms with Crippen LogP contribution in [0.15, 0.2) is 0 Å². The molecule has 0 spiro atoms. The third-order valence-electron chi connectivity index (χ3n) is 3.13. The summed E-state index contributed by atoms with van der Waals surface area (Å²) in [6.45, 7) is 2.49. The van der Waals surface area contributed by atoms with E-state index in [0.717, 1.165) is 12.8 Å². The highest BCUT2D eigenvalue weighted by atomic mass is 16.5. The Hall–Kier alpha value is -0.370. The van der Waals surface area contributed by atoms with Crippen LogP contribution in [0.5, 0.6) is 0 Å². The molecule has 0 aliphatic heterocycles. The van der Waals surface area contributed by atoms with Gasteiger partial charge in [-0.3, -0.25) is 4.79 Å². The zero-order valence-electron chi connectivity index (χ0n) is 8.71. The average Bonchev–Trinajstić information content (AvgIpc) is 2.18. The number of hydrogen-bond donors (Lipinski definition) is 0. The highest BCUT2D eigenvalue weighted by molar-refractivity contribution is 5.82. The quantitative estimate of drug-likeness (QED) is 0.670. The molecule has 0 amide bonds. The average molecular weight is 184 g/mol. The zero-order valence-corrected chi connectivity index (χ0v) is 8.71. The van der Waals surface area contributed by atoms with E-state index in [9.17, 15) is 4.79 Å². The van der Waals surface area contributed by atoms with Gasteiger partial charge in [0.2, 0.25) is 0 Å². The van der Waals surface area contributed by atoms with Crippen LogP contribution in [0.25, 0.3) is 0 Å². The summed E-state index contributed by atoms with van der Waals surface area (Å²) >= 11 is 0. The molecular formula is C11H20O2. The van der Waals surface area contributed by atoms with Crippen LogP contribution >= 0.6 is 0 Å². The van der Waals surface area contributed by atoms with Gasteiger partial charge in [0.1, 0.15) is 6.61 Å². The van der Waals surface area contributed by atoms with E-state index >= 15 is 0 Å². The summed E-state index contributed by atoms with van der Waals surface area (Å²) in [5.41, 5.74) is 0. The molecule has 0 radical (unpaired) electrons. The third kappa shape index (κ3) is 2.80. The van der Waals surface area contributed by atoms with E-state index in [0.29, 0.717) is 24.2 Å². The Morgan fingerprint density at radius 3 is 2.69 bits per heavy atom. The van der Waals surface area contributed by atoms with Crippen molar-refractivity contribution in [3.05, 3.63) is 0 Å². The monoisotopic (exact) mass is 184 g/mol. The molecule has 2 heteroatoms. The van der Waals surface area contributed by atoms with Crippen LogP contribution in [0.1, 0.15) is 39.0 Å². The predicted molar refractivity (Wildman–Crippen MR) is 52.6 cm³/mol. The first-order chi connectivity index (χ1) is 6.29. The molecule has 1 saturated carbocycles.